The molecule has 0 fully saturated rings. The summed E-state index contributed by atoms with van der Waals surface area (Å²) >= 11 is 0. The van der Waals surface area contributed by atoms with Gasteiger partial charge in [-0.2, -0.15) is 0 Å². The van der Waals surface area contributed by atoms with Crippen molar-refractivity contribution in [2.75, 3.05) is 13.6 Å². The summed E-state index contributed by atoms with van der Waals surface area (Å²) in [5.41, 5.74) is 3.89. The summed E-state index contributed by atoms with van der Waals surface area (Å²) in [6.07, 6.45) is 5.40. The molecule has 1 N–H and O–H groups in total. The number of hydrogen-bond donors (Lipinski definition) is 1. The van der Waals surface area contributed by atoms with Gasteiger partial charge in [0.05, 0.1) is 6.10 Å². The van der Waals surface area contributed by atoms with Gasteiger partial charge in [0.25, 0.3) is 0 Å². The third-order valence-electron chi connectivity index (χ3n) is 4.72. The van der Waals surface area contributed by atoms with E-state index in [1.807, 2.05) is 0 Å². The molecular formula is C17H30N2O. The Morgan fingerprint density at radius 1 is 1.40 bits per heavy atom. The van der Waals surface area contributed by atoms with Crippen molar-refractivity contribution in [3.63, 3.8) is 0 Å². The highest BCUT2D eigenvalue weighted by atomic mass is 16.3. The van der Waals surface area contributed by atoms with Gasteiger partial charge >= 0.3 is 0 Å². The number of nitrogens with zero attached hydrogens (tertiary/aromatic N) is 2. The Morgan fingerprint density at radius 2 is 2.15 bits per heavy atom. The Kier molecular flexibility index (Phi) is 5.28. The molecule has 0 radical (unpaired) electrons. The number of aromatic nitrogens is 1. The van der Waals surface area contributed by atoms with E-state index in [9.17, 15) is 5.11 Å². The number of fused-ring (bicyclic) bond motifs is 1. The number of unbranched alkanes of at least 4 members (excludes halogenated alkanes) is 1. The number of hydrogen-bond acceptors (Lipinski definition) is 2. The topological polar surface area (TPSA) is 28.4 Å². The van der Waals surface area contributed by atoms with Gasteiger partial charge < -0.3 is 14.6 Å². The van der Waals surface area contributed by atoms with Gasteiger partial charge in [-0.3, -0.25) is 0 Å². The van der Waals surface area contributed by atoms with Crippen molar-refractivity contribution in [3.8, 4) is 0 Å². The van der Waals surface area contributed by atoms with Crippen molar-refractivity contribution in [2.45, 2.75) is 71.6 Å². The fraction of sp³-hybridized carbons (Fsp3) is 0.765. The van der Waals surface area contributed by atoms with Crippen LogP contribution in [0.5, 0.6) is 0 Å². The molecular weight excluding hydrogens is 248 g/mol. The molecule has 1 aromatic heterocycles. The van der Waals surface area contributed by atoms with Crippen LogP contribution in [0.3, 0.4) is 0 Å². The number of rotatable bonds is 6. The van der Waals surface area contributed by atoms with Gasteiger partial charge in [-0.1, -0.05) is 0 Å². The maximum Gasteiger partial charge on any atom is 0.0807 e. The van der Waals surface area contributed by atoms with E-state index in [1.54, 1.807) is 0 Å². The lowest BCUT2D eigenvalue weighted by molar-refractivity contribution is 0.155. The van der Waals surface area contributed by atoms with Crippen molar-refractivity contribution < 1.29 is 5.11 Å². The zero-order chi connectivity index (χ0) is 14.7. The Morgan fingerprint density at radius 3 is 2.85 bits per heavy atom. The average Bonchev–Trinajstić information content (AvgIpc) is 2.72. The monoisotopic (exact) mass is 278 g/mol. The lowest BCUT2D eigenvalue weighted by atomic mass is 9.95. The molecule has 0 amide bonds. The first-order valence-corrected chi connectivity index (χ1v) is 8.08. The number of aryl methyl sites for hydroxylation is 1. The van der Waals surface area contributed by atoms with E-state index in [0.29, 0.717) is 6.04 Å². The summed E-state index contributed by atoms with van der Waals surface area (Å²) in [6.45, 7) is 8.93. The van der Waals surface area contributed by atoms with Gasteiger partial charge in [0, 0.05) is 29.5 Å². The average molecular weight is 278 g/mol. The van der Waals surface area contributed by atoms with Crippen LogP contribution >= 0.6 is 0 Å². The Balaban J connectivity index is 1.90. The molecule has 0 spiro atoms. The molecule has 0 saturated carbocycles. The maximum atomic E-state index is 10.1. The van der Waals surface area contributed by atoms with Crippen molar-refractivity contribution >= 4 is 0 Å². The van der Waals surface area contributed by atoms with Crippen molar-refractivity contribution in [2.24, 2.45) is 0 Å². The molecule has 0 saturated heterocycles. The van der Waals surface area contributed by atoms with Gasteiger partial charge in [-0.05, 0) is 72.5 Å². The summed E-state index contributed by atoms with van der Waals surface area (Å²) in [4.78, 5) is 2.40. The normalized spacial score (nSPS) is 18.9. The zero-order valence-electron chi connectivity index (χ0n) is 13.5. The molecule has 1 aliphatic carbocycles. The Bertz CT molecular complexity index is 436. The van der Waals surface area contributed by atoms with E-state index < -0.39 is 0 Å². The standard InChI is InChI=1S/C17H30N2O/c1-13(2)18(4)10-5-6-11-19-14(3)12-15-16(19)8-7-9-17(15)20/h12-13,17,20H,5-11H2,1-4H3. The lowest BCUT2D eigenvalue weighted by Crippen LogP contribution is -2.27. The SMILES string of the molecule is Cc1cc2c(n1CCCCN(C)C(C)C)CCCC2O. The highest BCUT2D eigenvalue weighted by Crippen LogP contribution is 2.32. The van der Waals surface area contributed by atoms with Gasteiger partial charge in [0.15, 0.2) is 0 Å². The van der Waals surface area contributed by atoms with Gasteiger partial charge in [-0.15, -0.1) is 0 Å². The summed E-state index contributed by atoms with van der Waals surface area (Å²) in [6, 6.07) is 2.82. The van der Waals surface area contributed by atoms with Crippen LogP contribution in [0.4, 0.5) is 0 Å². The predicted octanol–water partition coefficient (Wildman–Crippen LogP) is 3.29. The first-order valence-electron chi connectivity index (χ1n) is 8.08. The van der Waals surface area contributed by atoms with Crippen molar-refractivity contribution in [1.29, 1.82) is 0 Å². The van der Waals surface area contributed by atoms with Crippen LogP contribution in [0.15, 0.2) is 6.07 Å². The van der Waals surface area contributed by atoms with E-state index in [4.69, 9.17) is 0 Å². The van der Waals surface area contributed by atoms with Gasteiger partial charge in [0.1, 0.15) is 0 Å². The molecule has 3 heteroatoms. The third kappa shape index (κ3) is 3.44. The Labute approximate surface area is 123 Å². The highest BCUT2D eigenvalue weighted by Gasteiger charge is 2.22. The fourth-order valence-electron chi connectivity index (χ4n) is 3.14. The van der Waals surface area contributed by atoms with Crippen LogP contribution < -0.4 is 0 Å². The molecule has 2 rings (SSSR count). The van der Waals surface area contributed by atoms with E-state index in [0.717, 1.165) is 25.8 Å². The lowest BCUT2D eigenvalue weighted by Gasteiger charge is -2.22. The van der Waals surface area contributed by atoms with Crippen LogP contribution in [0.1, 0.15) is 62.6 Å². The smallest absolute Gasteiger partial charge is 0.0807 e. The Hall–Kier alpha value is -0.800. The van der Waals surface area contributed by atoms with Crippen molar-refractivity contribution in [3.05, 3.63) is 23.0 Å². The molecule has 3 nitrogen and oxygen atoms in total. The van der Waals surface area contributed by atoms with E-state index in [-0.39, 0.29) is 6.10 Å². The van der Waals surface area contributed by atoms with E-state index in [2.05, 4.69) is 43.4 Å². The maximum absolute atomic E-state index is 10.1. The first kappa shape index (κ1) is 15.6. The number of aliphatic hydroxyl groups excluding tert-OH is 1. The second-order valence-corrected chi connectivity index (χ2v) is 6.53. The van der Waals surface area contributed by atoms with E-state index >= 15 is 0 Å². The molecule has 114 valence electrons. The first-order chi connectivity index (χ1) is 9.50. The molecule has 1 heterocycles. The second-order valence-electron chi connectivity index (χ2n) is 6.53. The van der Waals surface area contributed by atoms with Crippen molar-refractivity contribution in [1.82, 2.24) is 9.47 Å². The minimum Gasteiger partial charge on any atom is -0.388 e. The molecule has 20 heavy (non-hydrogen) atoms. The van der Waals surface area contributed by atoms with Crippen LogP contribution in [0.25, 0.3) is 0 Å². The zero-order valence-corrected chi connectivity index (χ0v) is 13.5. The molecule has 0 aliphatic heterocycles. The number of aliphatic hydroxyl groups is 1. The van der Waals surface area contributed by atoms with Gasteiger partial charge in [-0.25, -0.2) is 0 Å². The summed E-state index contributed by atoms with van der Waals surface area (Å²) in [5.74, 6) is 0. The molecule has 1 aromatic rings. The summed E-state index contributed by atoms with van der Waals surface area (Å²) < 4.78 is 2.44. The van der Waals surface area contributed by atoms with Crippen LogP contribution in [-0.2, 0) is 13.0 Å². The van der Waals surface area contributed by atoms with Gasteiger partial charge in [0.2, 0.25) is 0 Å². The second kappa shape index (κ2) is 6.77. The van der Waals surface area contributed by atoms with Crippen LogP contribution in [-0.4, -0.2) is 34.2 Å². The fourth-order valence-corrected chi connectivity index (χ4v) is 3.14. The third-order valence-corrected chi connectivity index (χ3v) is 4.72. The quantitative estimate of drug-likeness (QED) is 0.809. The minimum atomic E-state index is -0.231. The summed E-state index contributed by atoms with van der Waals surface area (Å²) in [5, 5.41) is 10.1. The van der Waals surface area contributed by atoms with Crippen LogP contribution in [0.2, 0.25) is 0 Å². The van der Waals surface area contributed by atoms with E-state index in [1.165, 1.54) is 36.3 Å². The molecule has 1 aliphatic rings. The highest BCUT2D eigenvalue weighted by molar-refractivity contribution is 5.31. The minimum absolute atomic E-state index is 0.231. The largest absolute Gasteiger partial charge is 0.388 e. The van der Waals surface area contributed by atoms with Crippen LogP contribution in [0, 0.1) is 6.92 Å². The molecule has 1 atom stereocenters. The predicted molar refractivity (Wildman–Crippen MR) is 84.1 cm³/mol. The molecule has 0 aromatic carbocycles. The molecule has 0 bridgehead atoms. The molecule has 1 unspecified atom stereocenters. The summed E-state index contributed by atoms with van der Waals surface area (Å²) in [7, 11) is 2.20.